The molecule has 1 amide bonds. The molecule has 184 valence electrons. The van der Waals surface area contributed by atoms with Gasteiger partial charge in [-0.1, -0.05) is 6.07 Å². The second kappa shape index (κ2) is 8.56. The van der Waals surface area contributed by atoms with E-state index in [0.29, 0.717) is 49.3 Å². The van der Waals surface area contributed by atoms with Crippen LogP contribution in [0.2, 0.25) is 0 Å². The van der Waals surface area contributed by atoms with Crippen LogP contribution >= 0.6 is 0 Å². The van der Waals surface area contributed by atoms with E-state index < -0.39 is 4.92 Å². The number of hydrogen-bond acceptors (Lipinski definition) is 6. The largest absolute Gasteiger partial charge is 0.381 e. The summed E-state index contributed by atoms with van der Waals surface area (Å²) in [6, 6.07) is 8.50. The number of fused-ring (bicyclic) bond motifs is 4. The summed E-state index contributed by atoms with van der Waals surface area (Å²) in [5.41, 5.74) is 4.85. The number of non-ortho nitro benzene ring substituents is 1. The Labute approximate surface area is 205 Å². The summed E-state index contributed by atoms with van der Waals surface area (Å²) in [7, 11) is 0. The molecule has 4 heterocycles. The quantitative estimate of drug-likeness (QED) is 0.349. The zero-order chi connectivity index (χ0) is 25.0. The van der Waals surface area contributed by atoms with Crippen LogP contribution in [0.5, 0.6) is 0 Å². The number of ether oxygens (including phenoxy) is 1. The van der Waals surface area contributed by atoms with Gasteiger partial charge in [0.25, 0.3) is 17.2 Å². The molecule has 0 unspecified atom stereocenters. The van der Waals surface area contributed by atoms with E-state index in [-0.39, 0.29) is 23.1 Å². The SMILES string of the molecule is Cc1cc2c(cc1C(=O)N1CCc3cc([N+](=O)[O-])ccc3C1)[nH]c(=O)c1cnc(C3CCOCC3)n12. The number of nitrogens with zero attached hydrogens (tertiary/aromatic N) is 4. The highest BCUT2D eigenvalue weighted by molar-refractivity contribution is 5.99. The van der Waals surface area contributed by atoms with Gasteiger partial charge in [0.2, 0.25) is 0 Å². The Kier molecular flexibility index (Phi) is 5.33. The van der Waals surface area contributed by atoms with Crippen LogP contribution in [0.3, 0.4) is 0 Å². The fraction of sp³-hybridized carbons (Fsp3) is 0.346. The van der Waals surface area contributed by atoms with Crippen molar-refractivity contribution in [2.24, 2.45) is 0 Å². The Morgan fingerprint density at radius 2 is 1.97 bits per heavy atom. The van der Waals surface area contributed by atoms with Crippen molar-refractivity contribution in [2.75, 3.05) is 19.8 Å². The number of aromatic amines is 1. The van der Waals surface area contributed by atoms with Crippen molar-refractivity contribution in [1.29, 1.82) is 0 Å². The van der Waals surface area contributed by atoms with Crippen LogP contribution in [0.15, 0.2) is 41.3 Å². The van der Waals surface area contributed by atoms with Gasteiger partial charge in [0.05, 0.1) is 22.2 Å². The molecule has 2 aliphatic heterocycles. The number of nitro groups is 1. The minimum absolute atomic E-state index is 0.0637. The number of nitrogens with one attached hydrogen (secondary N) is 1. The number of aromatic nitrogens is 3. The molecule has 1 fully saturated rings. The van der Waals surface area contributed by atoms with Crippen LogP contribution in [0.25, 0.3) is 16.6 Å². The van der Waals surface area contributed by atoms with Gasteiger partial charge < -0.3 is 14.6 Å². The van der Waals surface area contributed by atoms with E-state index in [4.69, 9.17) is 4.74 Å². The maximum atomic E-state index is 13.6. The fourth-order valence-corrected chi connectivity index (χ4v) is 5.41. The molecule has 10 heteroatoms. The highest BCUT2D eigenvalue weighted by Gasteiger charge is 2.26. The standard InChI is InChI=1S/C26H25N5O5/c1-15-10-22-21(28-25(32)23-13-27-24(30(22)23)16-5-8-36-9-6-16)12-20(15)26(33)29-7-4-17-11-19(31(34)35)3-2-18(17)14-29/h2-3,10-13,16H,4-9,14H2,1H3,(H,28,32). The zero-order valence-corrected chi connectivity index (χ0v) is 19.8. The molecule has 0 saturated carbocycles. The highest BCUT2D eigenvalue weighted by atomic mass is 16.6. The fourth-order valence-electron chi connectivity index (χ4n) is 5.41. The van der Waals surface area contributed by atoms with E-state index in [1.807, 2.05) is 17.4 Å². The van der Waals surface area contributed by atoms with Crippen LogP contribution in [-0.2, 0) is 17.7 Å². The number of H-pyrrole nitrogens is 1. The molecule has 36 heavy (non-hydrogen) atoms. The van der Waals surface area contributed by atoms with Crippen LogP contribution in [0.1, 0.15) is 51.6 Å². The molecular weight excluding hydrogens is 462 g/mol. The number of carbonyl (C=O) groups excluding carboxylic acids is 1. The van der Waals surface area contributed by atoms with Crippen molar-refractivity contribution in [3.05, 3.63) is 85.1 Å². The molecule has 4 aromatic rings. The summed E-state index contributed by atoms with van der Waals surface area (Å²) in [5, 5.41) is 11.1. The number of imidazole rings is 1. The summed E-state index contributed by atoms with van der Waals surface area (Å²) < 4.78 is 7.43. The van der Waals surface area contributed by atoms with Crippen molar-refractivity contribution in [2.45, 2.75) is 38.6 Å². The number of rotatable bonds is 3. The van der Waals surface area contributed by atoms with Crippen molar-refractivity contribution >= 4 is 28.1 Å². The molecule has 2 aromatic heterocycles. The molecule has 0 radical (unpaired) electrons. The minimum atomic E-state index is -0.401. The maximum Gasteiger partial charge on any atom is 0.274 e. The molecule has 0 atom stereocenters. The lowest BCUT2D eigenvalue weighted by Crippen LogP contribution is -2.36. The summed E-state index contributed by atoms with van der Waals surface area (Å²) >= 11 is 0. The molecule has 1 N–H and O–H groups in total. The lowest BCUT2D eigenvalue weighted by atomic mass is 9.97. The summed E-state index contributed by atoms with van der Waals surface area (Å²) in [5.74, 6) is 0.927. The highest BCUT2D eigenvalue weighted by Crippen LogP contribution is 2.30. The minimum Gasteiger partial charge on any atom is -0.381 e. The second-order valence-corrected chi connectivity index (χ2v) is 9.55. The number of hydrogen-bond donors (Lipinski definition) is 1. The van der Waals surface area contributed by atoms with Crippen LogP contribution in [0, 0.1) is 17.0 Å². The van der Waals surface area contributed by atoms with Crippen LogP contribution < -0.4 is 5.56 Å². The summed E-state index contributed by atoms with van der Waals surface area (Å²) in [6.07, 6.45) is 3.87. The third-order valence-electron chi connectivity index (χ3n) is 7.37. The molecule has 1 saturated heterocycles. The molecule has 6 rings (SSSR count). The average Bonchev–Trinajstić information content (AvgIpc) is 3.34. The Morgan fingerprint density at radius 1 is 1.17 bits per heavy atom. The first-order chi connectivity index (χ1) is 17.4. The van der Waals surface area contributed by atoms with Crippen LogP contribution in [0.4, 0.5) is 5.69 Å². The van der Waals surface area contributed by atoms with Crippen molar-refractivity contribution in [1.82, 2.24) is 19.3 Å². The van der Waals surface area contributed by atoms with Gasteiger partial charge in [-0.25, -0.2) is 4.98 Å². The Morgan fingerprint density at radius 3 is 2.75 bits per heavy atom. The number of benzene rings is 2. The van der Waals surface area contributed by atoms with Gasteiger partial charge in [-0.3, -0.25) is 24.1 Å². The lowest BCUT2D eigenvalue weighted by molar-refractivity contribution is -0.384. The Hall–Kier alpha value is -4.05. The average molecular weight is 488 g/mol. The van der Waals surface area contributed by atoms with E-state index in [0.717, 1.165) is 40.9 Å². The third kappa shape index (κ3) is 3.65. The second-order valence-electron chi connectivity index (χ2n) is 9.55. The van der Waals surface area contributed by atoms with Gasteiger partial charge in [-0.05, 0) is 55.0 Å². The number of aryl methyl sites for hydroxylation is 1. The van der Waals surface area contributed by atoms with E-state index in [2.05, 4.69) is 9.97 Å². The molecule has 2 aromatic carbocycles. The Bertz CT molecular complexity index is 1600. The first kappa shape index (κ1) is 22.4. The van der Waals surface area contributed by atoms with E-state index in [9.17, 15) is 19.7 Å². The maximum absolute atomic E-state index is 13.6. The normalized spacial score (nSPS) is 16.4. The summed E-state index contributed by atoms with van der Waals surface area (Å²) in [6.45, 7) is 4.09. The van der Waals surface area contributed by atoms with Gasteiger partial charge >= 0.3 is 0 Å². The lowest BCUT2D eigenvalue weighted by Gasteiger charge is -2.29. The van der Waals surface area contributed by atoms with E-state index >= 15 is 0 Å². The zero-order valence-electron chi connectivity index (χ0n) is 19.8. The van der Waals surface area contributed by atoms with Gasteiger partial charge in [0.1, 0.15) is 11.3 Å². The number of carbonyl (C=O) groups is 1. The first-order valence-corrected chi connectivity index (χ1v) is 12.1. The first-order valence-electron chi connectivity index (χ1n) is 12.1. The van der Waals surface area contributed by atoms with E-state index in [1.54, 1.807) is 29.3 Å². The Balaban J connectivity index is 1.38. The molecule has 2 aliphatic rings. The third-order valence-corrected chi connectivity index (χ3v) is 7.37. The predicted octanol–water partition coefficient (Wildman–Crippen LogP) is 3.48. The molecule has 0 bridgehead atoms. The predicted molar refractivity (Wildman–Crippen MR) is 132 cm³/mol. The summed E-state index contributed by atoms with van der Waals surface area (Å²) in [4.78, 5) is 46.4. The smallest absolute Gasteiger partial charge is 0.274 e. The van der Waals surface area contributed by atoms with Crippen molar-refractivity contribution < 1.29 is 14.5 Å². The van der Waals surface area contributed by atoms with Gasteiger partial charge in [-0.15, -0.1) is 0 Å². The molecule has 0 spiro atoms. The van der Waals surface area contributed by atoms with E-state index in [1.165, 1.54) is 6.07 Å². The topological polar surface area (TPSA) is 123 Å². The number of nitro benzene ring substituents is 1. The number of amides is 1. The molecule has 0 aliphatic carbocycles. The molecule has 10 nitrogen and oxygen atoms in total. The monoisotopic (exact) mass is 487 g/mol. The van der Waals surface area contributed by atoms with Gasteiger partial charge in [0, 0.05) is 49.9 Å². The van der Waals surface area contributed by atoms with Gasteiger partial charge in [-0.2, -0.15) is 0 Å². The van der Waals surface area contributed by atoms with Crippen molar-refractivity contribution in [3.8, 4) is 0 Å². The van der Waals surface area contributed by atoms with Crippen molar-refractivity contribution in [3.63, 3.8) is 0 Å². The van der Waals surface area contributed by atoms with Crippen LogP contribution in [-0.4, -0.2) is 49.9 Å². The van der Waals surface area contributed by atoms with Gasteiger partial charge in [0.15, 0.2) is 0 Å². The molecular formula is C26H25N5O5.